The lowest BCUT2D eigenvalue weighted by atomic mass is 9.99. The SMILES string of the molecule is N#CC[C@@H](N)c1cccc(-c2cccc(F)c2)c1. The maximum atomic E-state index is 13.2. The van der Waals surface area contributed by atoms with Crippen LogP contribution in [-0.4, -0.2) is 0 Å². The molecule has 1 atom stereocenters. The lowest BCUT2D eigenvalue weighted by Crippen LogP contribution is -2.09. The fraction of sp³-hybridized carbons (Fsp3) is 0.133. The Morgan fingerprint density at radius 2 is 1.78 bits per heavy atom. The minimum absolute atomic E-state index is 0.265. The molecule has 0 amide bonds. The molecule has 0 aliphatic heterocycles. The molecular formula is C15H13FN2. The average molecular weight is 240 g/mol. The number of nitrogens with zero attached hydrogens (tertiary/aromatic N) is 1. The zero-order valence-electron chi connectivity index (χ0n) is 9.81. The van der Waals surface area contributed by atoms with Crippen LogP contribution in [0.25, 0.3) is 11.1 Å². The van der Waals surface area contributed by atoms with Crippen molar-refractivity contribution < 1.29 is 4.39 Å². The van der Waals surface area contributed by atoms with Gasteiger partial charge in [0.1, 0.15) is 5.82 Å². The number of rotatable bonds is 3. The Kier molecular flexibility index (Phi) is 3.71. The highest BCUT2D eigenvalue weighted by molar-refractivity contribution is 5.64. The van der Waals surface area contributed by atoms with Gasteiger partial charge in [-0.1, -0.05) is 30.3 Å². The summed E-state index contributed by atoms with van der Waals surface area (Å²) in [6.07, 6.45) is 0.270. The van der Waals surface area contributed by atoms with Gasteiger partial charge >= 0.3 is 0 Å². The van der Waals surface area contributed by atoms with E-state index >= 15 is 0 Å². The first-order valence-electron chi connectivity index (χ1n) is 5.69. The van der Waals surface area contributed by atoms with Crippen LogP contribution >= 0.6 is 0 Å². The summed E-state index contributed by atoms with van der Waals surface area (Å²) in [5, 5.41) is 8.64. The van der Waals surface area contributed by atoms with Crippen LogP contribution in [0, 0.1) is 17.1 Å². The molecule has 0 radical (unpaired) electrons. The van der Waals surface area contributed by atoms with Crippen molar-refractivity contribution in [3.8, 4) is 17.2 Å². The van der Waals surface area contributed by atoms with Crippen LogP contribution in [-0.2, 0) is 0 Å². The summed E-state index contributed by atoms with van der Waals surface area (Å²) >= 11 is 0. The molecule has 2 nitrogen and oxygen atoms in total. The van der Waals surface area contributed by atoms with Gasteiger partial charge in [0.25, 0.3) is 0 Å². The molecular weight excluding hydrogens is 227 g/mol. The van der Waals surface area contributed by atoms with E-state index in [1.807, 2.05) is 36.4 Å². The number of nitriles is 1. The Balaban J connectivity index is 2.36. The zero-order valence-corrected chi connectivity index (χ0v) is 9.81. The van der Waals surface area contributed by atoms with Crippen molar-refractivity contribution in [2.45, 2.75) is 12.5 Å². The third-order valence-corrected chi connectivity index (χ3v) is 2.78. The molecule has 18 heavy (non-hydrogen) atoms. The van der Waals surface area contributed by atoms with Crippen molar-refractivity contribution in [3.05, 3.63) is 59.9 Å². The van der Waals surface area contributed by atoms with E-state index in [0.717, 1.165) is 16.7 Å². The van der Waals surface area contributed by atoms with E-state index in [0.29, 0.717) is 0 Å². The first-order valence-corrected chi connectivity index (χ1v) is 5.69. The van der Waals surface area contributed by atoms with Crippen LogP contribution in [0.15, 0.2) is 48.5 Å². The zero-order chi connectivity index (χ0) is 13.0. The molecule has 0 fully saturated rings. The topological polar surface area (TPSA) is 49.8 Å². The first kappa shape index (κ1) is 12.3. The van der Waals surface area contributed by atoms with Crippen molar-refractivity contribution in [2.75, 3.05) is 0 Å². The van der Waals surface area contributed by atoms with Crippen LogP contribution in [0.2, 0.25) is 0 Å². The monoisotopic (exact) mass is 240 g/mol. The number of halogens is 1. The molecule has 0 spiro atoms. The lowest BCUT2D eigenvalue weighted by Gasteiger charge is -2.10. The standard InChI is InChI=1S/C15H13FN2/c16-14-6-2-4-12(10-14)11-3-1-5-13(9-11)15(18)7-8-17/h1-6,9-10,15H,7,18H2/t15-/m1/s1. The summed E-state index contributed by atoms with van der Waals surface area (Å²) in [7, 11) is 0. The Morgan fingerprint density at radius 1 is 1.11 bits per heavy atom. The molecule has 0 heterocycles. The second-order valence-corrected chi connectivity index (χ2v) is 4.10. The maximum absolute atomic E-state index is 13.2. The molecule has 2 aromatic rings. The molecule has 0 saturated carbocycles. The normalized spacial score (nSPS) is 11.8. The van der Waals surface area contributed by atoms with Gasteiger partial charge in [-0.3, -0.25) is 0 Å². The third-order valence-electron chi connectivity index (χ3n) is 2.78. The minimum Gasteiger partial charge on any atom is -0.323 e. The van der Waals surface area contributed by atoms with Gasteiger partial charge in [-0.15, -0.1) is 0 Å². The van der Waals surface area contributed by atoms with Crippen LogP contribution < -0.4 is 5.73 Å². The van der Waals surface area contributed by atoms with E-state index in [2.05, 4.69) is 0 Å². The minimum atomic E-state index is -0.302. The third kappa shape index (κ3) is 2.73. The van der Waals surface area contributed by atoms with Crippen LogP contribution in [0.5, 0.6) is 0 Å². The highest BCUT2D eigenvalue weighted by Gasteiger charge is 2.07. The fourth-order valence-electron chi connectivity index (χ4n) is 1.83. The number of hydrogen-bond acceptors (Lipinski definition) is 2. The van der Waals surface area contributed by atoms with Gasteiger partial charge in [0.2, 0.25) is 0 Å². The van der Waals surface area contributed by atoms with E-state index < -0.39 is 0 Å². The van der Waals surface area contributed by atoms with Gasteiger partial charge < -0.3 is 5.73 Å². The van der Waals surface area contributed by atoms with Crippen molar-refractivity contribution in [2.24, 2.45) is 5.73 Å². The molecule has 2 rings (SSSR count). The predicted octanol–water partition coefficient (Wildman–Crippen LogP) is 3.41. The highest BCUT2D eigenvalue weighted by atomic mass is 19.1. The summed E-state index contributed by atoms with van der Waals surface area (Å²) in [5.74, 6) is -0.265. The Hall–Kier alpha value is -2.18. The quantitative estimate of drug-likeness (QED) is 0.893. The van der Waals surface area contributed by atoms with Crippen molar-refractivity contribution in [3.63, 3.8) is 0 Å². The first-order chi connectivity index (χ1) is 8.70. The van der Waals surface area contributed by atoms with Crippen molar-refractivity contribution in [1.82, 2.24) is 0 Å². The number of hydrogen-bond donors (Lipinski definition) is 1. The summed E-state index contributed by atoms with van der Waals surface area (Å²) < 4.78 is 13.2. The van der Waals surface area contributed by atoms with Gasteiger partial charge in [-0.05, 0) is 34.9 Å². The molecule has 2 aromatic carbocycles. The maximum Gasteiger partial charge on any atom is 0.123 e. The smallest absolute Gasteiger partial charge is 0.123 e. The van der Waals surface area contributed by atoms with E-state index in [9.17, 15) is 4.39 Å². The second kappa shape index (κ2) is 5.44. The van der Waals surface area contributed by atoms with Crippen molar-refractivity contribution >= 4 is 0 Å². The number of nitrogens with two attached hydrogens (primary N) is 1. The molecule has 0 aromatic heterocycles. The Morgan fingerprint density at radius 3 is 2.44 bits per heavy atom. The van der Waals surface area contributed by atoms with Crippen LogP contribution in [0.1, 0.15) is 18.0 Å². The second-order valence-electron chi connectivity index (χ2n) is 4.10. The van der Waals surface area contributed by atoms with E-state index in [-0.39, 0.29) is 18.3 Å². The highest BCUT2D eigenvalue weighted by Crippen LogP contribution is 2.24. The molecule has 2 N–H and O–H groups in total. The predicted molar refractivity (Wildman–Crippen MR) is 69.0 cm³/mol. The lowest BCUT2D eigenvalue weighted by molar-refractivity contribution is 0.628. The van der Waals surface area contributed by atoms with Gasteiger partial charge in [-0.25, -0.2) is 4.39 Å². The molecule has 0 aliphatic rings. The molecule has 3 heteroatoms. The van der Waals surface area contributed by atoms with E-state index in [4.69, 9.17) is 11.0 Å². The Bertz CT molecular complexity index is 587. The fourth-order valence-corrected chi connectivity index (χ4v) is 1.83. The summed E-state index contributed by atoms with van der Waals surface area (Å²) in [5.41, 5.74) is 8.48. The average Bonchev–Trinajstić information content (AvgIpc) is 2.39. The van der Waals surface area contributed by atoms with E-state index in [1.54, 1.807) is 6.07 Å². The van der Waals surface area contributed by atoms with Gasteiger partial charge in [0.15, 0.2) is 0 Å². The molecule has 0 unspecified atom stereocenters. The molecule has 0 aliphatic carbocycles. The largest absolute Gasteiger partial charge is 0.323 e. The molecule has 0 saturated heterocycles. The summed E-state index contributed by atoms with van der Waals surface area (Å²) in [4.78, 5) is 0. The van der Waals surface area contributed by atoms with Crippen LogP contribution in [0.3, 0.4) is 0 Å². The van der Waals surface area contributed by atoms with Gasteiger partial charge in [0.05, 0.1) is 12.5 Å². The van der Waals surface area contributed by atoms with Crippen LogP contribution in [0.4, 0.5) is 4.39 Å². The Labute approximate surface area is 105 Å². The van der Waals surface area contributed by atoms with E-state index in [1.165, 1.54) is 12.1 Å². The van der Waals surface area contributed by atoms with Gasteiger partial charge in [0, 0.05) is 6.04 Å². The van der Waals surface area contributed by atoms with Gasteiger partial charge in [-0.2, -0.15) is 5.26 Å². The molecule has 0 bridgehead atoms. The summed E-state index contributed by atoms with van der Waals surface area (Å²) in [6, 6.07) is 15.7. The summed E-state index contributed by atoms with van der Waals surface area (Å²) in [6.45, 7) is 0. The van der Waals surface area contributed by atoms with Crippen molar-refractivity contribution in [1.29, 1.82) is 5.26 Å². The molecule has 90 valence electrons. The number of benzene rings is 2.